The average Bonchev–Trinajstić information content (AvgIpc) is 2.29. The summed E-state index contributed by atoms with van der Waals surface area (Å²) in [5.41, 5.74) is 6.83. The van der Waals surface area contributed by atoms with Crippen molar-refractivity contribution >= 4 is 11.6 Å². The number of ether oxygens (including phenoxy) is 1. The molecule has 4 nitrogen and oxygen atoms in total. The molecule has 17 heavy (non-hydrogen) atoms. The highest BCUT2D eigenvalue weighted by molar-refractivity contribution is 5.97. The lowest BCUT2D eigenvalue weighted by Gasteiger charge is -2.16. The molecule has 3 N–H and O–H groups in total. The molecule has 0 radical (unpaired) electrons. The second-order valence-corrected chi connectivity index (χ2v) is 3.95. The van der Waals surface area contributed by atoms with Crippen molar-refractivity contribution in [2.24, 2.45) is 0 Å². The van der Waals surface area contributed by atoms with Crippen LogP contribution >= 0.6 is 0 Å². The van der Waals surface area contributed by atoms with E-state index in [9.17, 15) is 4.79 Å². The van der Waals surface area contributed by atoms with E-state index in [1.54, 1.807) is 18.2 Å². The Hall–Kier alpha value is -1.71. The molecule has 1 atom stereocenters. The summed E-state index contributed by atoms with van der Waals surface area (Å²) in [7, 11) is 0. The van der Waals surface area contributed by atoms with Crippen molar-refractivity contribution in [1.82, 2.24) is 5.32 Å². The molecule has 0 spiro atoms. The molecule has 1 rings (SSSR count). The number of hydrogen-bond acceptors (Lipinski definition) is 3. The minimum Gasteiger partial charge on any atom is -0.490 e. The van der Waals surface area contributed by atoms with Crippen LogP contribution in [0.15, 0.2) is 18.2 Å². The maximum atomic E-state index is 11.8. The number of rotatable bonds is 5. The van der Waals surface area contributed by atoms with Crippen molar-refractivity contribution in [2.45, 2.75) is 33.3 Å². The van der Waals surface area contributed by atoms with Gasteiger partial charge in [0.1, 0.15) is 5.75 Å². The van der Waals surface area contributed by atoms with Gasteiger partial charge in [0.2, 0.25) is 0 Å². The Labute approximate surface area is 102 Å². The molecule has 0 heterocycles. The first-order valence-corrected chi connectivity index (χ1v) is 5.92. The highest BCUT2D eigenvalue weighted by atomic mass is 16.5. The highest BCUT2D eigenvalue weighted by Crippen LogP contribution is 2.23. The minimum atomic E-state index is -0.134. The van der Waals surface area contributed by atoms with Crippen molar-refractivity contribution in [3.8, 4) is 5.75 Å². The van der Waals surface area contributed by atoms with E-state index >= 15 is 0 Å². The van der Waals surface area contributed by atoms with Crippen molar-refractivity contribution in [3.05, 3.63) is 23.8 Å². The van der Waals surface area contributed by atoms with Crippen molar-refractivity contribution in [3.63, 3.8) is 0 Å². The summed E-state index contributed by atoms with van der Waals surface area (Å²) in [6.07, 6.45) is 0.939. The molecule has 0 aliphatic rings. The van der Waals surface area contributed by atoms with E-state index in [2.05, 4.69) is 5.32 Å². The monoisotopic (exact) mass is 236 g/mol. The van der Waals surface area contributed by atoms with E-state index in [4.69, 9.17) is 10.5 Å². The van der Waals surface area contributed by atoms with Gasteiger partial charge in [0.05, 0.1) is 11.7 Å². The molecule has 4 heteroatoms. The van der Waals surface area contributed by atoms with Crippen molar-refractivity contribution < 1.29 is 9.53 Å². The summed E-state index contributed by atoms with van der Waals surface area (Å²) >= 11 is 0. The second-order valence-electron chi connectivity index (χ2n) is 3.95. The van der Waals surface area contributed by atoms with Crippen LogP contribution in [0.5, 0.6) is 5.75 Å². The predicted octanol–water partition coefficient (Wildman–Crippen LogP) is 2.20. The summed E-state index contributed by atoms with van der Waals surface area (Å²) in [5, 5.41) is 2.75. The first-order valence-electron chi connectivity index (χ1n) is 5.92. The quantitative estimate of drug-likeness (QED) is 0.770. The maximum Gasteiger partial charge on any atom is 0.255 e. The normalized spacial score (nSPS) is 11.9. The second kappa shape index (κ2) is 6.13. The van der Waals surface area contributed by atoms with Crippen molar-refractivity contribution in [1.29, 1.82) is 0 Å². The van der Waals surface area contributed by atoms with Gasteiger partial charge in [-0.1, -0.05) is 6.92 Å². The Morgan fingerprint density at radius 3 is 2.76 bits per heavy atom. The van der Waals surface area contributed by atoms with Crippen LogP contribution in [-0.4, -0.2) is 18.6 Å². The maximum absolute atomic E-state index is 11.8. The topological polar surface area (TPSA) is 64.4 Å². The van der Waals surface area contributed by atoms with Gasteiger partial charge < -0.3 is 15.8 Å². The third kappa shape index (κ3) is 3.66. The Kier molecular flexibility index (Phi) is 4.82. The van der Waals surface area contributed by atoms with Crippen LogP contribution < -0.4 is 15.8 Å². The van der Waals surface area contributed by atoms with E-state index in [0.29, 0.717) is 23.5 Å². The molecule has 1 aromatic rings. The molecule has 0 aliphatic heterocycles. The zero-order chi connectivity index (χ0) is 12.8. The fourth-order valence-corrected chi connectivity index (χ4v) is 1.38. The third-order valence-electron chi connectivity index (χ3n) is 2.49. The van der Waals surface area contributed by atoms with E-state index in [1.807, 2.05) is 20.8 Å². The first kappa shape index (κ1) is 13.4. The van der Waals surface area contributed by atoms with Crippen molar-refractivity contribution in [2.75, 3.05) is 12.3 Å². The molecule has 94 valence electrons. The van der Waals surface area contributed by atoms with Gasteiger partial charge in [0.15, 0.2) is 0 Å². The van der Waals surface area contributed by atoms with Crippen LogP contribution in [0.2, 0.25) is 0 Å². The summed E-state index contributed by atoms with van der Waals surface area (Å²) in [6.45, 7) is 6.46. The number of anilines is 1. The SMILES string of the molecule is CCNC(=O)c1ccc(N)cc1OC(C)CC. The summed E-state index contributed by atoms with van der Waals surface area (Å²) in [6, 6.07) is 5.09. The molecule has 1 unspecified atom stereocenters. The van der Waals surface area contributed by atoms with E-state index in [1.165, 1.54) is 0 Å². The third-order valence-corrected chi connectivity index (χ3v) is 2.49. The fourth-order valence-electron chi connectivity index (χ4n) is 1.38. The number of carbonyl (C=O) groups excluding carboxylic acids is 1. The molecular formula is C13H20N2O2. The van der Waals surface area contributed by atoms with E-state index < -0.39 is 0 Å². The van der Waals surface area contributed by atoms with Crippen LogP contribution in [0.4, 0.5) is 5.69 Å². The molecule has 0 aliphatic carbocycles. The van der Waals surface area contributed by atoms with Gasteiger partial charge in [-0.2, -0.15) is 0 Å². The van der Waals surface area contributed by atoms with Crippen LogP contribution in [0.3, 0.4) is 0 Å². The lowest BCUT2D eigenvalue weighted by Crippen LogP contribution is -2.24. The molecule has 0 saturated heterocycles. The Balaban J connectivity index is 2.99. The van der Waals surface area contributed by atoms with Gasteiger partial charge in [0, 0.05) is 18.3 Å². The summed E-state index contributed by atoms with van der Waals surface area (Å²) in [4.78, 5) is 11.8. The Bertz CT molecular complexity index is 391. The number of amides is 1. The average molecular weight is 236 g/mol. The summed E-state index contributed by atoms with van der Waals surface area (Å²) < 4.78 is 5.70. The predicted molar refractivity (Wildman–Crippen MR) is 69.2 cm³/mol. The largest absolute Gasteiger partial charge is 0.490 e. The fraction of sp³-hybridized carbons (Fsp3) is 0.462. The van der Waals surface area contributed by atoms with Crippen LogP contribution in [-0.2, 0) is 0 Å². The van der Waals surface area contributed by atoms with Crippen LogP contribution in [0, 0.1) is 0 Å². The lowest BCUT2D eigenvalue weighted by molar-refractivity contribution is 0.0949. The summed E-state index contributed by atoms with van der Waals surface area (Å²) in [5.74, 6) is 0.413. The molecule has 1 aromatic carbocycles. The smallest absolute Gasteiger partial charge is 0.255 e. The standard InChI is InChI=1S/C13H20N2O2/c1-4-9(3)17-12-8-10(14)6-7-11(12)13(16)15-5-2/h6-9H,4-5,14H2,1-3H3,(H,15,16). The zero-order valence-corrected chi connectivity index (χ0v) is 10.6. The van der Waals surface area contributed by atoms with E-state index in [0.717, 1.165) is 6.42 Å². The Morgan fingerprint density at radius 1 is 1.47 bits per heavy atom. The molecule has 0 bridgehead atoms. The number of nitrogens with two attached hydrogens (primary N) is 1. The number of hydrogen-bond donors (Lipinski definition) is 2. The number of carbonyl (C=O) groups is 1. The van der Waals surface area contributed by atoms with Gasteiger partial charge in [0.25, 0.3) is 5.91 Å². The highest BCUT2D eigenvalue weighted by Gasteiger charge is 2.13. The van der Waals surface area contributed by atoms with Gasteiger partial charge in [-0.15, -0.1) is 0 Å². The minimum absolute atomic E-state index is 0.0602. The van der Waals surface area contributed by atoms with Gasteiger partial charge >= 0.3 is 0 Å². The van der Waals surface area contributed by atoms with Gasteiger partial charge in [-0.25, -0.2) is 0 Å². The Morgan fingerprint density at radius 2 is 2.18 bits per heavy atom. The van der Waals surface area contributed by atoms with Crippen LogP contribution in [0.25, 0.3) is 0 Å². The molecule has 0 aromatic heterocycles. The number of nitrogens with one attached hydrogen (secondary N) is 1. The van der Waals surface area contributed by atoms with E-state index in [-0.39, 0.29) is 12.0 Å². The molecular weight excluding hydrogens is 216 g/mol. The zero-order valence-electron chi connectivity index (χ0n) is 10.6. The first-order chi connectivity index (χ1) is 8.08. The lowest BCUT2D eigenvalue weighted by atomic mass is 10.1. The van der Waals surface area contributed by atoms with Crippen LogP contribution in [0.1, 0.15) is 37.6 Å². The molecule has 0 fully saturated rings. The van der Waals surface area contributed by atoms with Gasteiger partial charge in [-0.05, 0) is 32.4 Å². The molecule has 0 saturated carbocycles. The number of nitrogen functional groups attached to an aromatic ring is 1. The molecule has 1 amide bonds. The number of benzene rings is 1. The van der Waals surface area contributed by atoms with Gasteiger partial charge in [-0.3, -0.25) is 4.79 Å².